The average Bonchev–Trinajstić information content (AvgIpc) is 2.42. The van der Waals surface area contributed by atoms with Crippen molar-refractivity contribution in [1.29, 1.82) is 0 Å². The van der Waals surface area contributed by atoms with Crippen LogP contribution in [0, 0.1) is 0 Å². The zero-order chi connectivity index (χ0) is 14.7. The summed E-state index contributed by atoms with van der Waals surface area (Å²) < 4.78 is 1.31. The molecule has 0 aliphatic rings. The van der Waals surface area contributed by atoms with Crippen LogP contribution in [0.2, 0.25) is 0 Å². The summed E-state index contributed by atoms with van der Waals surface area (Å²) >= 11 is 0. The molecule has 1 aromatic heterocycles. The lowest BCUT2D eigenvalue weighted by Crippen LogP contribution is -2.19. The van der Waals surface area contributed by atoms with Crippen molar-refractivity contribution in [3.8, 4) is 0 Å². The Bertz CT molecular complexity index is 692. The van der Waals surface area contributed by atoms with E-state index in [0.717, 1.165) is 0 Å². The minimum absolute atomic E-state index is 0.202. The molecule has 3 N–H and O–H groups in total. The van der Waals surface area contributed by atoms with Gasteiger partial charge in [0, 0.05) is 30.6 Å². The highest BCUT2D eigenvalue weighted by molar-refractivity contribution is 6.04. The number of aliphatic hydroxyl groups is 2. The summed E-state index contributed by atoms with van der Waals surface area (Å²) in [7, 11) is 1.56. The van der Waals surface area contributed by atoms with E-state index in [1.807, 2.05) is 0 Å². The largest absolute Gasteiger partial charge is 0.364 e. The van der Waals surface area contributed by atoms with Crippen molar-refractivity contribution in [2.45, 2.75) is 6.29 Å². The van der Waals surface area contributed by atoms with Gasteiger partial charge in [0.25, 0.3) is 5.91 Å². The molecule has 1 amide bonds. The Kier molecular flexibility index (Phi) is 3.97. The van der Waals surface area contributed by atoms with Crippen LogP contribution >= 0.6 is 0 Å². The predicted octanol–water partition coefficient (Wildman–Crippen LogP) is 0.621. The number of benzene rings is 1. The summed E-state index contributed by atoms with van der Waals surface area (Å²) in [4.78, 5) is 23.3. The molecule has 0 fully saturated rings. The van der Waals surface area contributed by atoms with E-state index in [-0.39, 0.29) is 17.0 Å². The number of pyridine rings is 1. The number of aromatic nitrogens is 1. The van der Waals surface area contributed by atoms with E-state index in [4.69, 9.17) is 10.2 Å². The first kappa shape index (κ1) is 14.0. The van der Waals surface area contributed by atoms with E-state index < -0.39 is 6.29 Å². The van der Waals surface area contributed by atoms with E-state index in [1.54, 1.807) is 19.2 Å². The Morgan fingerprint density at radius 2 is 2.00 bits per heavy atom. The molecule has 0 radical (unpaired) electrons. The summed E-state index contributed by atoms with van der Waals surface area (Å²) in [6.45, 7) is 0. The van der Waals surface area contributed by atoms with Gasteiger partial charge in [0.05, 0.1) is 5.56 Å². The zero-order valence-corrected chi connectivity index (χ0v) is 10.8. The molecule has 0 saturated heterocycles. The van der Waals surface area contributed by atoms with Crippen LogP contribution in [-0.4, -0.2) is 20.7 Å². The molecular weight excluding hydrogens is 260 g/mol. The number of carbonyl (C=O) groups excluding carboxylic acids is 1. The molecule has 0 spiro atoms. The fraction of sp³-hybridized carbons (Fsp3) is 0.143. The lowest BCUT2D eigenvalue weighted by molar-refractivity contribution is -0.0424. The van der Waals surface area contributed by atoms with Gasteiger partial charge in [-0.2, -0.15) is 0 Å². The number of hydrogen-bond donors (Lipinski definition) is 3. The first-order valence-corrected chi connectivity index (χ1v) is 5.91. The lowest BCUT2D eigenvalue weighted by Gasteiger charge is -2.09. The molecule has 1 heterocycles. The fourth-order valence-corrected chi connectivity index (χ4v) is 1.71. The highest BCUT2D eigenvalue weighted by Gasteiger charge is 2.09. The molecular formula is C14H14N2O4. The van der Waals surface area contributed by atoms with Gasteiger partial charge in [-0.25, -0.2) is 0 Å². The summed E-state index contributed by atoms with van der Waals surface area (Å²) in [5.41, 5.74) is 0.853. The van der Waals surface area contributed by atoms with Gasteiger partial charge in [0.1, 0.15) is 0 Å². The van der Waals surface area contributed by atoms with Gasteiger partial charge in [-0.3, -0.25) is 9.59 Å². The number of aryl methyl sites for hydroxylation is 1. The third kappa shape index (κ3) is 3.11. The van der Waals surface area contributed by atoms with Crippen molar-refractivity contribution in [3.63, 3.8) is 0 Å². The molecule has 0 aliphatic heterocycles. The second-order valence-electron chi connectivity index (χ2n) is 4.32. The number of anilines is 1. The topological polar surface area (TPSA) is 91.6 Å². The smallest absolute Gasteiger partial charge is 0.257 e. The van der Waals surface area contributed by atoms with E-state index in [0.29, 0.717) is 11.3 Å². The van der Waals surface area contributed by atoms with Crippen molar-refractivity contribution >= 4 is 11.6 Å². The molecule has 0 unspecified atom stereocenters. The maximum absolute atomic E-state index is 12.0. The van der Waals surface area contributed by atoms with Crippen LogP contribution in [0.15, 0.2) is 47.4 Å². The molecule has 6 nitrogen and oxygen atoms in total. The highest BCUT2D eigenvalue weighted by Crippen LogP contribution is 2.16. The van der Waals surface area contributed by atoms with Gasteiger partial charge in [-0.1, -0.05) is 12.1 Å². The molecule has 2 rings (SSSR count). The van der Waals surface area contributed by atoms with E-state index in [2.05, 4.69) is 5.32 Å². The fourth-order valence-electron chi connectivity index (χ4n) is 1.71. The van der Waals surface area contributed by atoms with Crippen molar-refractivity contribution in [1.82, 2.24) is 4.57 Å². The van der Waals surface area contributed by atoms with Crippen LogP contribution in [0.5, 0.6) is 0 Å². The minimum atomic E-state index is -1.59. The summed E-state index contributed by atoms with van der Waals surface area (Å²) in [5.74, 6) is -0.384. The molecule has 104 valence electrons. The number of nitrogens with zero attached hydrogens (tertiary/aromatic N) is 1. The van der Waals surface area contributed by atoms with Gasteiger partial charge in [-0.15, -0.1) is 0 Å². The van der Waals surface area contributed by atoms with E-state index in [9.17, 15) is 9.59 Å². The zero-order valence-electron chi connectivity index (χ0n) is 10.8. The number of aliphatic hydroxyl groups excluding tert-OH is 1. The molecule has 0 aliphatic carbocycles. The van der Waals surface area contributed by atoms with Gasteiger partial charge >= 0.3 is 0 Å². The number of rotatable bonds is 3. The second-order valence-corrected chi connectivity index (χ2v) is 4.32. The number of carbonyl (C=O) groups is 1. The standard InChI is InChI=1S/C14H14N2O4/c1-16-8-10(5-6-12(16)17)13(18)15-11-4-2-3-9(7-11)14(19)20/h2-8,14,19-20H,1H3,(H,15,18). The van der Waals surface area contributed by atoms with E-state index in [1.165, 1.54) is 35.0 Å². The third-order valence-electron chi connectivity index (χ3n) is 2.79. The monoisotopic (exact) mass is 274 g/mol. The van der Waals surface area contributed by atoms with Gasteiger partial charge in [-0.05, 0) is 18.2 Å². The van der Waals surface area contributed by atoms with Crippen LogP contribution in [0.4, 0.5) is 5.69 Å². The Hall–Kier alpha value is -2.44. The minimum Gasteiger partial charge on any atom is -0.364 e. The highest BCUT2D eigenvalue weighted by atomic mass is 16.5. The van der Waals surface area contributed by atoms with Crippen LogP contribution in [0.3, 0.4) is 0 Å². The van der Waals surface area contributed by atoms with Gasteiger partial charge in [0.2, 0.25) is 5.56 Å². The first-order valence-electron chi connectivity index (χ1n) is 5.91. The number of nitrogens with one attached hydrogen (secondary N) is 1. The Balaban J connectivity index is 2.21. The van der Waals surface area contributed by atoms with Crippen LogP contribution in [-0.2, 0) is 7.05 Å². The average molecular weight is 274 g/mol. The Morgan fingerprint density at radius 3 is 2.65 bits per heavy atom. The summed E-state index contributed by atoms with van der Waals surface area (Å²) in [5, 5.41) is 20.8. The molecule has 0 atom stereocenters. The summed E-state index contributed by atoms with van der Waals surface area (Å²) in [6.07, 6.45) is -0.160. The molecule has 1 aromatic carbocycles. The summed E-state index contributed by atoms with van der Waals surface area (Å²) in [6, 6.07) is 8.97. The second kappa shape index (κ2) is 5.68. The lowest BCUT2D eigenvalue weighted by atomic mass is 10.2. The maximum Gasteiger partial charge on any atom is 0.257 e. The Morgan fingerprint density at radius 1 is 1.25 bits per heavy atom. The number of hydrogen-bond acceptors (Lipinski definition) is 4. The van der Waals surface area contributed by atoms with Gasteiger partial charge in [0.15, 0.2) is 6.29 Å². The molecule has 20 heavy (non-hydrogen) atoms. The van der Waals surface area contributed by atoms with Crippen LogP contribution in [0.1, 0.15) is 22.2 Å². The van der Waals surface area contributed by atoms with Crippen LogP contribution < -0.4 is 10.9 Å². The SMILES string of the molecule is Cn1cc(C(=O)Nc2cccc(C(O)O)c2)ccc1=O. The predicted molar refractivity (Wildman–Crippen MR) is 73.3 cm³/mol. The van der Waals surface area contributed by atoms with Crippen molar-refractivity contribution < 1.29 is 15.0 Å². The Labute approximate surface area is 114 Å². The van der Waals surface area contributed by atoms with Crippen molar-refractivity contribution in [2.24, 2.45) is 7.05 Å². The van der Waals surface area contributed by atoms with Gasteiger partial charge < -0.3 is 20.1 Å². The quantitative estimate of drug-likeness (QED) is 0.715. The molecule has 0 saturated carbocycles. The third-order valence-corrected chi connectivity index (χ3v) is 2.79. The molecule has 0 bridgehead atoms. The molecule has 6 heteroatoms. The van der Waals surface area contributed by atoms with E-state index >= 15 is 0 Å². The number of amides is 1. The normalized spacial score (nSPS) is 10.6. The first-order chi connectivity index (χ1) is 9.47. The maximum atomic E-state index is 12.0. The van der Waals surface area contributed by atoms with Crippen molar-refractivity contribution in [3.05, 3.63) is 64.1 Å². The molecule has 2 aromatic rings. The van der Waals surface area contributed by atoms with Crippen molar-refractivity contribution in [2.75, 3.05) is 5.32 Å². The van der Waals surface area contributed by atoms with Crippen LogP contribution in [0.25, 0.3) is 0 Å².